The van der Waals surface area contributed by atoms with E-state index in [1.54, 1.807) is 18.5 Å². The van der Waals surface area contributed by atoms with Gasteiger partial charge in [-0.25, -0.2) is 0 Å². The Morgan fingerprint density at radius 2 is 1.79 bits per heavy atom. The molecule has 0 radical (unpaired) electrons. The van der Waals surface area contributed by atoms with Crippen LogP contribution in [0.15, 0.2) is 18.5 Å². The molecule has 4 aliphatic rings. The minimum atomic E-state index is 0.323. The monoisotopic (exact) mass is 254 g/mol. The van der Waals surface area contributed by atoms with Crippen LogP contribution >= 0.6 is 0 Å². The highest BCUT2D eigenvalue weighted by Gasteiger charge is 2.49. The lowest BCUT2D eigenvalue weighted by Crippen LogP contribution is -2.50. The van der Waals surface area contributed by atoms with E-state index in [9.17, 15) is 0 Å². The van der Waals surface area contributed by atoms with Gasteiger partial charge in [-0.1, -0.05) is 0 Å². The van der Waals surface area contributed by atoms with Gasteiger partial charge in [0.05, 0.1) is 11.8 Å². The van der Waals surface area contributed by atoms with Crippen LogP contribution in [0.3, 0.4) is 0 Å². The molecule has 4 bridgehead atoms. The number of nitriles is 1. The van der Waals surface area contributed by atoms with E-state index < -0.39 is 0 Å². The summed E-state index contributed by atoms with van der Waals surface area (Å²) in [6.45, 7) is 0. The minimum Gasteiger partial charge on any atom is -0.487 e. The number of rotatable bonds is 2. The Bertz CT molecular complexity index is 506. The molecule has 1 aromatic rings. The molecule has 4 saturated carbocycles. The summed E-state index contributed by atoms with van der Waals surface area (Å²) in [6, 6.07) is 3.94. The summed E-state index contributed by atoms with van der Waals surface area (Å²) in [7, 11) is 0. The Morgan fingerprint density at radius 3 is 2.42 bits per heavy atom. The van der Waals surface area contributed by atoms with E-state index in [4.69, 9.17) is 10.00 Å². The van der Waals surface area contributed by atoms with Gasteiger partial charge in [0, 0.05) is 6.20 Å². The van der Waals surface area contributed by atoms with Gasteiger partial charge >= 0.3 is 0 Å². The molecule has 4 aliphatic carbocycles. The second kappa shape index (κ2) is 4.23. The van der Waals surface area contributed by atoms with E-state index in [0.29, 0.717) is 29.3 Å². The first-order valence-electron chi connectivity index (χ1n) is 7.34. The highest BCUT2D eigenvalue weighted by molar-refractivity contribution is 5.40. The van der Waals surface area contributed by atoms with Crippen LogP contribution in [0, 0.1) is 35.0 Å². The summed E-state index contributed by atoms with van der Waals surface area (Å²) in [5, 5.41) is 9.14. The number of hydrogen-bond donors (Lipinski definition) is 0. The molecule has 98 valence electrons. The molecule has 0 aliphatic heterocycles. The maximum Gasteiger partial charge on any atom is 0.155 e. The highest BCUT2D eigenvalue weighted by Crippen LogP contribution is 2.54. The van der Waals surface area contributed by atoms with Crippen molar-refractivity contribution in [2.45, 2.75) is 38.2 Å². The summed E-state index contributed by atoms with van der Waals surface area (Å²) in [5.41, 5.74) is 0.615. The topological polar surface area (TPSA) is 45.9 Å². The first kappa shape index (κ1) is 11.3. The van der Waals surface area contributed by atoms with Crippen molar-refractivity contribution >= 4 is 0 Å². The Balaban J connectivity index is 1.59. The van der Waals surface area contributed by atoms with Crippen LogP contribution in [0.1, 0.15) is 37.7 Å². The van der Waals surface area contributed by atoms with Gasteiger partial charge in [-0.3, -0.25) is 4.98 Å². The second-order valence-corrected chi connectivity index (χ2v) is 6.50. The first-order chi connectivity index (χ1) is 9.33. The number of nitrogens with zero attached hydrogens (tertiary/aromatic N) is 2. The van der Waals surface area contributed by atoms with Crippen LogP contribution in [0.25, 0.3) is 0 Å². The fourth-order valence-electron chi connectivity index (χ4n) is 4.78. The summed E-state index contributed by atoms with van der Waals surface area (Å²) >= 11 is 0. The van der Waals surface area contributed by atoms with Crippen LogP contribution < -0.4 is 4.74 Å². The quantitative estimate of drug-likeness (QED) is 0.814. The number of aromatic nitrogens is 1. The standard InChI is InChI=1S/C16H18N2O/c17-8-12-1-2-18-9-15(12)19-16-13-4-10-3-11(6-13)7-14(16)5-10/h1-2,9-11,13-14,16H,3-7H2. The van der Waals surface area contributed by atoms with Crippen molar-refractivity contribution in [1.82, 2.24) is 4.98 Å². The minimum absolute atomic E-state index is 0.323. The molecule has 1 heterocycles. The van der Waals surface area contributed by atoms with Crippen molar-refractivity contribution in [2.75, 3.05) is 0 Å². The molecule has 3 nitrogen and oxygen atoms in total. The first-order valence-corrected chi connectivity index (χ1v) is 7.34. The Labute approximate surface area is 113 Å². The predicted octanol–water partition coefficient (Wildman–Crippen LogP) is 3.16. The molecule has 0 spiro atoms. The predicted molar refractivity (Wildman–Crippen MR) is 70.4 cm³/mol. The second-order valence-electron chi connectivity index (χ2n) is 6.50. The third kappa shape index (κ3) is 1.82. The van der Waals surface area contributed by atoms with E-state index >= 15 is 0 Å². The van der Waals surface area contributed by atoms with E-state index in [-0.39, 0.29) is 0 Å². The van der Waals surface area contributed by atoms with Gasteiger partial charge in [0.25, 0.3) is 0 Å². The van der Waals surface area contributed by atoms with Crippen molar-refractivity contribution in [3.05, 3.63) is 24.0 Å². The molecule has 0 atom stereocenters. The van der Waals surface area contributed by atoms with Gasteiger partial charge < -0.3 is 4.74 Å². The van der Waals surface area contributed by atoms with Crippen LogP contribution in [-0.2, 0) is 0 Å². The molecule has 5 rings (SSSR count). The lowest BCUT2D eigenvalue weighted by molar-refractivity contribution is -0.0791. The molecule has 0 aromatic carbocycles. The van der Waals surface area contributed by atoms with Crippen molar-refractivity contribution < 1.29 is 4.74 Å². The molecule has 19 heavy (non-hydrogen) atoms. The molecule has 0 N–H and O–H groups in total. The normalized spacial score (nSPS) is 39.0. The smallest absolute Gasteiger partial charge is 0.155 e. The molecule has 0 amide bonds. The fourth-order valence-corrected chi connectivity index (χ4v) is 4.78. The summed E-state index contributed by atoms with van der Waals surface area (Å²) in [4.78, 5) is 4.10. The van der Waals surface area contributed by atoms with Crippen LogP contribution in [0.4, 0.5) is 0 Å². The number of ether oxygens (including phenoxy) is 1. The largest absolute Gasteiger partial charge is 0.487 e. The SMILES string of the molecule is N#Cc1ccncc1OC1C2CC3CC(C2)CC1C3. The van der Waals surface area contributed by atoms with Gasteiger partial charge in [-0.15, -0.1) is 0 Å². The third-order valence-corrected chi connectivity index (χ3v) is 5.31. The summed E-state index contributed by atoms with van der Waals surface area (Å²) in [6.07, 6.45) is 10.5. The van der Waals surface area contributed by atoms with Gasteiger partial charge in [-0.2, -0.15) is 5.26 Å². The highest BCUT2D eigenvalue weighted by atomic mass is 16.5. The van der Waals surface area contributed by atoms with Crippen molar-refractivity contribution in [2.24, 2.45) is 23.7 Å². The molecule has 1 aromatic heterocycles. The van der Waals surface area contributed by atoms with E-state index in [1.807, 2.05) is 0 Å². The molecular formula is C16H18N2O. The van der Waals surface area contributed by atoms with Crippen molar-refractivity contribution in [3.8, 4) is 11.8 Å². The molecule has 3 heteroatoms. The van der Waals surface area contributed by atoms with Crippen LogP contribution in [0.5, 0.6) is 5.75 Å². The fraction of sp³-hybridized carbons (Fsp3) is 0.625. The van der Waals surface area contributed by atoms with Gasteiger partial charge in [0.15, 0.2) is 5.75 Å². The average Bonchev–Trinajstić information content (AvgIpc) is 2.42. The van der Waals surface area contributed by atoms with E-state index in [2.05, 4.69) is 11.1 Å². The van der Waals surface area contributed by atoms with Gasteiger partial charge in [-0.05, 0) is 61.8 Å². The zero-order chi connectivity index (χ0) is 12.8. The van der Waals surface area contributed by atoms with Crippen molar-refractivity contribution in [3.63, 3.8) is 0 Å². The van der Waals surface area contributed by atoms with Gasteiger partial charge in [0.1, 0.15) is 12.2 Å². The molecule has 0 unspecified atom stereocenters. The number of pyridine rings is 1. The third-order valence-electron chi connectivity index (χ3n) is 5.31. The van der Waals surface area contributed by atoms with E-state index in [1.165, 1.54) is 32.1 Å². The van der Waals surface area contributed by atoms with Crippen molar-refractivity contribution in [1.29, 1.82) is 5.26 Å². The average molecular weight is 254 g/mol. The number of hydrogen-bond acceptors (Lipinski definition) is 3. The Kier molecular flexibility index (Phi) is 2.51. The summed E-state index contributed by atoms with van der Waals surface area (Å²) < 4.78 is 6.23. The summed E-state index contributed by atoms with van der Waals surface area (Å²) in [5.74, 6) is 4.01. The molecular weight excluding hydrogens is 236 g/mol. The Morgan fingerprint density at radius 1 is 1.11 bits per heavy atom. The lowest BCUT2D eigenvalue weighted by Gasteiger charge is -2.53. The van der Waals surface area contributed by atoms with E-state index in [0.717, 1.165) is 11.8 Å². The van der Waals surface area contributed by atoms with Crippen LogP contribution in [0.2, 0.25) is 0 Å². The van der Waals surface area contributed by atoms with Crippen LogP contribution in [-0.4, -0.2) is 11.1 Å². The lowest BCUT2D eigenvalue weighted by atomic mass is 9.55. The molecule has 0 saturated heterocycles. The molecule has 4 fully saturated rings. The maximum absolute atomic E-state index is 9.14. The zero-order valence-corrected chi connectivity index (χ0v) is 11.0. The zero-order valence-electron chi connectivity index (χ0n) is 11.0. The van der Waals surface area contributed by atoms with Gasteiger partial charge in [0.2, 0.25) is 0 Å². The Hall–Kier alpha value is -1.56. The maximum atomic E-state index is 9.14.